The van der Waals surface area contributed by atoms with Crippen molar-refractivity contribution in [2.75, 3.05) is 0 Å². The molecule has 0 radical (unpaired) electrons. The molecule has 0 saturated carbocycles. The zero-order valence-electron chi connectivity index (χ0n) is 9.56. The Balaban J connectivity index is 2.06. The Labute approximate surface area is 112 Å². The van der Waals surface area contributed by atoms with Crippen LogP contribution in [-0.2, 0) is 0 Å². The van der Waals surface area contributed by atoms with Gasteiger partial charge in [-0.25, -0.2) is 9.37 Å². The highest BCUT2D eigenvalue weighted by atomic mass is 35.5. The van der Waals surface area contributed by atoms with Crippen LogP contribution in [0.25, 0.3) is 11.0 Å². The molecule has 0 atom stereocenters. The van der Waals surface area contributed by atoms with E-state index in [2.05, 4.69) is 4.98 Å². The lowest BCUT2D eigenvalue weighted by Gasteiger charge is -1.96. The van der Waals surface area contributed by atoms with Crippen molar-refractivity contribution in [1.29, 1.82) is 0 Å². The molecular formula is C14H7ClFNO2. The third-order valence-corrected chi connectivity index (χ3v) is 2.90. The minimum absolute atomic E-state index is 0.142. The molecule has 1 aromatic carbocycles. The Kier molecular flexibility index (Phi) is 2.80. The number of pyridine rings is 1. The van der Waals surface area contributed by atoms with E-state index in [1.54, 1.807) is 6.07 Å². The first kappa shape index (κ1) is 11.9. The third-order valence-electron chi connectivity index (χ3n) is 2.69. The number of fused-ring (bicyclic) bond motifs is 1. The Morgan fingerprint density at radius 3 is 2.84 bits per heavy atom. The summed E-state index contributed by atoms with van der Waals surface area (Å²) in [7, 11) is 0. The zero-order chi connectivity index (χ0) is 13.4. The van der Waals surface area contributed by atoms with Gasteiger partial charge >= 0.3 is 0 Å². The molecule has 94 valence electrons. The molecule has 0 unspecified atom stereocenters. The first-order chi connectivity index (χ1) is 9.13. The fourth-order valence-electron chi connectivity index (χ4n) is 1.81. The number of ketones is 1. The van der Waals surface area contributed by atoms with Gasteiger partial charge in [0, 0.05) is 17.1 Å². The van der Waals surface area contributed by atoms with Crippen LogP contribution in [0.5, 0.6) is 0 Å². The summed E-state index contributed by atoms with van der Waals surface area (Å²) in [6.45, 7) is 0. The summed E-state index contributed by atoms with van der Waals surface area (Å²) < 4.78 is 18.5. The summed E-state index contributed by atoms with van der Waals surface area (Å²) in [5.41, 5.74) is 0.837. The van der Waals surface area contributed by atoms with Crippen LogP contribution < -0.4 is 0 Å². The standard InChI is InChI=1S/C14H7ClFNO2/c15-13-7-8(3-4-17-13)14(18)12-6-9-5-10(16)1-2-11(9)19-12/h1-7H. The normalized spacial score (nSPS) is 10.8. The van der Waals surface area contributed by atoms with E-state index in [-0.39, 0.29) is 22.5 Å². The maximum atomic E-state index is 13.1. The highest BCUT2D eigenvalue weighted by Gasteiger charge is 2.15. The van der Waals surface area contributed by atoms with Gasteiger partial charge in [-0.3, -0.25) is 4.79 Å². The molecule has 0 aliphatic heterocycles. The highest BCUT2D eigenvalue weighted by molar-refractivity contribution is 6.29. The van der Waals surface area contributed by atoms with Crippen molar-refractivity contribution in [3.05, 3.63) is 64.9 Å². The molecule has 0 fully saturated rings. The van der Waals surface area contributed by atoms with Gasteiger partial charge in [-0.15, -0.1) is 0 Å². The molecule has 19 heavy (non-hydrogen) atoms. The summed E-state index contributed by atoms with van der Waals surface area (Å²) in [4.78, 5) is 16.0. The van der Waals surface area contributed by atoms with Crippen LogP contribution in [0, 0.1) is 5.82 Å². The summed E-state index contributed by atoms with van der Waals surface area (Å²) in [6.07, 6.45) is 1.44. The van der Waals surface area contributed by atoms with E-state index in [4.69, 9.17) is 16.0 Å². The number of aromatic nitrogens is 1. The first-order valence-corrected chi connectivity index (χ1v) is 5.86. The van der Waals surface area contributed by atoms with Crippen LogP contribution in [0.15, 0.2) is 47.0 Å². The van der Waals surface area contributed by atoms with Gasteiger partial charge in [0.05, 0.1) is 0 Å². The number of carbonyl (C=O) groups is 1. The highest BCUT2D eigenvalue weighted by Crippen LogP contribution is 2.22. The largest absolute Gasteiger partial charge is 0.453 e. The maximum Gasteiger partial charge on any atom is 0.228 e. The van der Waals surface area contributed by atoms with Gasteiger partial charge in [-0.1, -0.05) is 11.6 Å². The number of carbonyl (C=O) groups excluding carboxylic acids is 1. The van der Waals surface area contributed by atoms with Crippen molar-refractivity contribution in [2.45, 2.75) is 0 Å². The summed E-state index contributed by atoms with van der Waals surface area (Å²) in [5, 5.41) is 0.775. The Bertz CT molecular complexity index is 782. The third kappa shape index (κ3) is 2.22. The van der Waals surface area contributed by atoms with E-state index < -0.39 is 0 Å². The van der Waals surface area contributed by atoms with Crippen LogP contribution in [-0.4, -0.2) is 10.8 Å². The van der Waals surface area contributed by atoms with E-state index >= 15 is 0 Å². The smallest absolute Gasteiger partial charge is 0.228 e. The molecule has 3 rings (SSSR count). The van der Waals surface area contributed by atoms with Crippen LogP contribution in [0.4, 0.5) is 4.39 Å². The van der Waals surface area contributed by atoms with Gasteiger partial charge < -0.3 is 4.42 Å². The predicted octanol–water partition coefficient (Wildman–Crippen LogP) is 3.85. The van der Waals surface area contributed by atoms with Crippen molar-refractivity contribution in [1.82, 2.24) is 4.98 Å². The average molecular weight is 276 g/mol. The number of benzene rings is 1. The minimum atomic E-state index is -0.376. The Morgan fingerprint density at radius 2 is 2.05 bits per heavy atom. The molecule has 0 bridgehead atoms. The van der Waals surface area contributed by atoms with Crippen molar-refractivity contribution in [3.8, 4) is 0 Å². The minimum Gasteiger partial charge on any atom is -0.453 e. The van der Waals surface area contributed by atoms with Gasteiger partial charge in [0.2, 0.25) is 5.78 Å². The second-order valence-electron chi connectivity index (χ2n) is 3.99. The van der Waals surface area contributed by atoms with Gasteiger partial charge in [-0.05, 0) is 36.4 Å². The van der Waals surface area contributed by atoms with E-state index in [1.165, 1.54) is 36.5 Å². The summed E-state index contributed by atoms with van der Waals surface area (Å²) in [5.74, 6) is -0.553. The Hall–Kier alpha value is -2.20. The molecular weight excluding hydrogens is 269 g/mol. The second-order valence-corrected chi connectivity index (χ2v) is 4.38. The summed E-state index contributed by atoms with van der Waals surface area (Å²) >= 11 is 5.73. The Morgan fingerprint density at radius 1 is 1.21 bits per heavy atom. The lowest BCUT2D eigenvalue weighted by Crippen LogP contribution is -1.99. The SMILES string of the molecule is O=C(c1ccnc(Cl)c1)c1cc2cc(F)ccc2o1. The fourth-order valence-corrected chi connectivity index (χ4v) is 1.99. The molecule has 0 saturated heterocycles. The van der Waals surface area contributed by atoms with Crippen molar-refractivity contribution >= 4 is 28.4 Å². The molecule has 3 aromatic rings. The quantitative estimate of drug-likeness (QED) is 0.527. The van der Waals surface area contributed by atoms with Gasteiger partial charge in [0.1, 0.15) is 16.6 Å². The predicted molar refractivity (Wildman–Crippen MR) is 68.9 cm³/mol. The van der Waals surface area contributed by atoms with E-state index in [0.29, 0.717) is 16.5 Å². The molecule has 5 heteroatoms. The molecule has 2 heterocycles. The van der Waals surface area contributed by atoms with E-state index in [0.717, 1.165) is 0 Å². The molecule has 0 aliphatic carbocycles. The van der Waals surface area contributed by atoms with Gasteiger partial charge in [0.15, 0.2) is 5.76 Å². The van der Waals surface area contributed by atoms with Gasteiger partial charge in [0.25, 0.3) is 0 Å². The van der Waals surface area contributed by atoms with Crippen LogP contribution >= 0.6 is 11.6 Å². The van der Waals surface area contributed by atoms with E-state index in [9.17, 15) is 9.18 Å². The number of hydrogen-bond donors (Lipinski definition) is 0. The first-order valence-electron chi connectivity index (χ1n) is 5.49. The number of halogens is 2. The number of hydrogen-bond acceptors (Lipinski definition) is 3. The topological polar surface area (TPSA) is 43.1 Å². The van der Waals surface area contributed by atoms with Crippen LogP contribution in [0.3, 0.4) is 0 Å². The molecule has 0 aliphatic rings. The molecule has 2 aromatic heterocycles. The monoisotopic (exact) mass is 275 g/mol. The van der Waals surface area contributed by atoms with Crippen molar-refractivity contribution in [2.24, 2.45) is 0 Å². The lowest BCUT2D eigenvalue weighted by atomic mass is 10.1. The van der Waals surface area contributed by atoms with E-state index in [1.807, 2.05) is 0 Å². The number of nitrogens with zero attached hydrogens (tertiary/aromatic N) is 1. The van der Waals surface area contributed by atoms with Gasteiger partial charge in [-0.2, -0.15) is 0 Å². The molecule has 0 amide bonds. The number of rotatable bonds is 2. The zero-order valence-corrected chi connectivity index (χ0v) is 10.3. The average Bonchev–Trinajstić information content (AvgIpc) is 2.80. The lowest BCUT2D eigenvalue weighted by molar-refractivity contribution is 0.101. The molecule has 0 N–H and O–H groups in total. The molecule has 3 nitrogen and oxygen atoms in total. The van der Waals surface area contributed by atoms with Crippen molar-refractivity contribution in [3.63, 3.8) is 0 Å². The molecule has 0 spiro atoms. The summed E-state index contributed by atoms with van der Waals surface area (Å²) in [6, 6.07) is 8.59. The fraction of sp³-hybridized carbons (Fsp3) is 0. The van der Waals surface area contributed by atoms with Crippen LogP contribution in [0.2, 0.25) is 5.15 Å². The number of furan rings is 1. The maximum absolute atomic E-state index is 13.1. The van der Waals surface area contributed by atoms with Crippen molar-refractivity contribution < 1.29 is 13.6 Å². The second kappa shape index (κ2) is 4.48. The van der Waals surface area contributed by atoms with Crippen LogP contribution in [0.1, 0.15) is 16.1 Å².